The topological polar surface area (TPSA) is 110 Å². The van der Waals surface area contributed by atoms with Crippen molar-refractivity contribution in [2.24, 2.45) is 0 Å². The van der Waals surface area contributed by atoms with Crippen LogP contribution in [0.25, 0.3) is 0 Å². The smallest absolute Gasteiger partial charge is 0.407 e. The van der Waals surface area contributed by atoms with Crippen molar-refractivity contribution in [1.82, 2.24) is 19.8 Å². The van der Waals surface area contributed by atoms with Gasteiger partial charge in [0.05, 0.1) is 24.0 Å². The third kappa shape index (κ3) is 2.41. The summed E-state index contributed by atoms with van der Waals surface area (Å²) in [6, 6.07) is -0.459. The molecule has 1 aromatic heterocycles. The fourth-order valence-electron chi connectivity index (χ4n) is 3.29. The molecule has 21 heavy (non-hydrogen) atoms. The van der Waals surface area contributed by atoms with Crippen LogP contribution in [0.3, 0.4) is 0 Å². The highest BCUT2D eigenvalue weighted by atomic mass is 16.4. The average molecular weight is 294 g/mol. The van der Waals surface area contributed by atoms with Crippen LogP contribution in [0.5, 0.6) is 0 Å². The summed E-state index contributed by atoms with van der Waals surface area (Å²) in [5.74, 6) is 0.613. The molecule has 0 spiro atoms. The Balaban J connectivity index is 1.80. The third-order valence-electron chi connectivity index (χ3n) is 4.29. The molecule has 2 aliphatic rings. The standard InChI is InChI=1S/C13H18N4O4/c18-12(19)16-5-1-3-9(16)8-7-14-11(15-8)10-4-2-6-17(10)13(20)21/h7,9-10H,1-6H2,(H,14,15)(H,18,19)(H,20,21). The van der Waals surface area contributed by atoms with E-state index in [0.717, 1.165) is 31.4 Å². The van der Waals surface area contributed by atoms with Crippen molar-refractivity contribution in [3.05, 3.63) is 17.7 Å². The fourth-order valence-corrected chi connectivity index (χ4v) is 3.29. The molecule has 0 saturated carbocycles. The number of H-pyrrole nitrogens is 1. The first kappa shape index (κ1) is 13.7. The number of carboxylic acid groups (broad SMARTS) is 2. The molecule has 2 saturated heterocycles. The summed E-state index contributed by atoms with van der Waals surface area (Å²) < 4.78 is 0. The summed E-state index contributed by atoms with van der Waals surface area (Å²) >= 11 is 0. The lowest BCUT2D eigenvalue weighted by Gasteiger charge is -2.21. The van der Waals surface area contributed by atoms with Crippen LogP contribution in [0.2, 0.25) is 0 Å². The number of aromatic nitrogens is 2. The monoisotopic (exact) mass is 294 g/mol. The van der Waals surface area contributed by atoms with E-state index in [1.165, 1.54) is 9.80 Å². The van der Waals surface area contributed by atoms with Crippen LogP contribution < -0.4 is 0 Å². The van der Waals surface area contributed by atoms with Gasteiger partial charge in [-0.25, -0.2) is 14.6 Å². The van der Waals surface area contributed by atoms with Gasteiger partial charge in [0.15, 0.2) is 0 Å². The number of imidazole rings is 1. The van der Waals surface area contributed by atoms with Crippen LogP contribution in [0.4, 0.5) is 9.59 Å². The maximum absolute atomic E-state index is 11.2. The Morgan fingerprint density at radius 3 is 2.29 bits per heavy atom. The minimum Gasteiger partial charge on any atom is -0.465 e. The second-order valence-electron chi connectivity index (χ2n) is 5.49. The highest BCUT2D eigenvalue weighted by Crippen LogP contribution is 2.34. The van der Waals surface area contributed by atoms with Crippen molar-refractivity contribution in [3.63, 3.8) is 0 Å². The molecule has 8 heteroatoms. The van der Waals surface area contributed by atoms with Gasteiger partial charge in [-0.05, 0) is 25.7 Å². The Hall–Kier alpha value is -2.25. The molecule has 0 radical (unpaired) electrons. The van der Waals surface area contributed by atoms with Gasteiger partial charge in [-0.3, -0.25) is 9.80 Å². The number of likely N-dealkylation sites (tertiary alicyclic amines) is 2. The number of hydrogen-bond acceptors (Lipinski definition) is 3. The first-order valence-electron chi connectivity index (χ1n) is 7.12. The van der Waals surface area contributed by atoms with E-state index in [0.29, 0.717) is 18.9 Å². The Morgan fingerprint density at radius 2 is 1.67 bits per heavy atom. The van der Waals surface area contributed by atoms with Crippen molar-refractivity contribution in [3.8, 4) is 0 Å². The number of hydrogen-bond donors (Lipinski definition) is 3. The normalized spacial score (nSPS) is 25.5. The van der Waals surface area contributed by atoms with Gasteiger partial charge in [0.1, 0.15) is 5.82 Å². The van der Waals surface area contributed by atoms with E-state index >= 15 is 0 Å². The van der Waals surface area contributed by atoms with E-state index in [-0.39, 0.29) is 12.1 Å². The molecular formula is C13H18N4O4. The van der Waals surface area contributed by atoms with Gasteiger partial charge in [-0.1, -0.05) is 0 Å². The minimum absolute atomic E-state index is 0.205. The highest BCUT2D eigenvalue weighted by molar-refractivity contribution is 5.66. The molecule has 3 heterocycles. The molecular weight excluding hydrogens is 276 g/mol. The Kier molecular flexibility index (Phi) is 3.44. The van der Waals surface area contributed by atoms with Crippen molar-refractivity contribution in [2.75, 3.05) is 13.1 Å². The van der Waals surface area contributed by atoms with Crippen LogP contribution in [0.15, 0.2) is 6.20 Å². The summed E-state index contributed by atoms with van der Waals surface area (Å²) in [4.78, 5) is 32.6. The predicted octanol–water partition coefficient (Wildman–Crippen LogP) is 2.04. The van der Waals surface area contributed by atoms with Crippen molar-refractivity contribution in [1.29, 1.82) is 0 Å². The number of aromatic amines is 1. The van der Waals surface area contributed by atoms with Gasteiger partial charge in [-0.15, -0.1) is 0 Å². The van der Waals surface area contributed by atoms with Crippen LogP contribution in [0, 0.1) is 0 Å². The Bertz CT molecular complexity index is 512. The molecule has 2 fully saturated rings. The van der Waals surface area contributed by atoms with E-state index < -0.39 is 12.2 Å². The lowest BCUT2D eigenvalue weighted by molar-refractivity contribution is 0.138. The Labute approximate surface area is 121 Å². The highest BCUT2D eigenvalue weighted by Gasteiger charge is 2.34. The van der Waals surface area contributed by atoms with E-state index in [4.69, 9.17) is 0 Å². The molecule has 2 amide bonds. The lowest BCUT2D eigenvalue weighted by Crippen LogP contribution is -2.30. The maximum atomic E-state index is 11.2. The number of carbonyl (C=O) groups is 2. The van der Waals surface area contributed by atoms with Gasteiger partial charge in [0, 0.05) is 13.1 Å². The van der Waals surface area contributed by atoms with Crippen molar-refractivity contribution in [2.45, 2.75) is 37.8 Å². The van der Waals surface area contributed by atoms with E-state index in [1.807, 2.05) is 0 Å². The summed E-state index contributed by atoms with van der Waals surface area (Å²) in [5, 5.41) is 18.4. The van der Waals surface area contributed by atoms with Gasteiger partial charge in [-0.2, -0.15) is 0 Å². The van der Waals surface area contributed by atoms with Crippen molar-refractivity contribution >= 4 is 12.2 Å². The van der Waals surface area contributed by atoms with E-state index in [1.54, 1.807) is 6.20 Å². The van der Waals surface area contributed by atoms with E-state index in [9.17, 15) is 19.8 Å². The van der Waals surface area contributed by atoms with E-state index in [2.05, 4.69) is 9.97 Å². The van der Waals surface area contributed by atoms with Gasteiger partial charge in [0.2, 0.25) is 0 Å². The molecule has 2 atom stereocenters. The third-order valence-corrected chi connectivity index (χ3v) is 4.29. The summed E-state index contributed by atoms with van der Waals surface area (Å²) in [5.41, 5.74) is 0.752. The molecule has 3 N–H and O–H groups in total. The summed E-state index contributed by atoms with van der Waals surface area (Å²) in [6.45, 7) is 1.04. The molecule has 1 aromatic rings. The van der Waals surface area contributed by atoms with Crippen LogP contribution in [0.1, 0.15) is 49.3 Å². The largest absolute Gasteiger partial charge is 0.465 e. The second-order valence-corrected chi connectivity index (χ2v) is 5.49. The quantitative estimate of drug-likeness (QED) is 0.773. The van der Waals surface area contributed by atoms with Crippen LogP contribution in [-0.2, 0) is 0 Å². The summed E-state index contributed by atoms with van der Waals surface area (Å²) in [7, 11) is 0. The number of nitrogens with zero attached hydrogens (tertiary/aromatic N) is 3. The first-order chi connectivity index (χ1) is 10.1. The molecule has 2 unspecified atom stereocenters. The minimum atomic E-state index is -0.941. The fraction of sp³-hybridized carbons (Fsp3) is 0.615. The number of rotatable bonds is 2. The van der Waals surface area contributed by atoms with Crippen LogP contribution in [-0.4, -0.2) is 55.3 Å². The number of amides is 2. The first-order valence-corrected chi connectivity index (χ1v) is 7.12. The average Bonchev–Trinajstić information content (AvgIpc) is 3.17. The molecule has 2 aliphatic heterocycles. The van der Waals surface area contributed by atoms with Gasteiger partial charge < -0.3 is 15.2 Å². The lowest BCUT2D eigenvalue weighted by atomic mass is 10.1. The zero-order chi connectivity index (χ0) is 15.0. The SMILES string of the molecule is O=C(O)N1CCCC1c1cnc(C2CCCN2C(=O)O)[nH]1. The zero-order valence-corrected chi connectivity index (χ0v) is 11.5. The van der Waals surface area contributed by atoms with Crippen molar-refractivity contribution < 1.29 is 19.8 Å². The molecule has 0 aliphatic carbocycles. The maximum Gasteiger partial charge on any atom is 0.407 e. The van der Waals surface area contributed by atoms with Gasteiger partial charge in [0.25, 0.3) is 0 Å². The predicted molar refractivity (Wildman–Crippen MR) is 72.0 cm³/mol. The molecule has 8 nitrogen and oxygen atoms in total. The molecule has 0 aromatic carbocycles. The molecule has 0 bridgehead atoms. The van der Waals surface area contributed by atoms with Gasteiger partial charge >= 0.3 is 12.2 Å². The molecule has 114 valence electrons. The zero-order valence-electron chi connectivity index (χ0n) is 11.5. The summed E-state index contributed by atoms with van der Waals surface area (Å²) in [6.07, 6.45) is 2.92. The second kappa shape index (κ2) is 5.27. The number of nitrogens with one attached hydrogen (secondary N) is 1. The Morgan fingerprint density at radius 1 is 1.10 bits per heavy atom. The van der Waals surface area contributed by atoms with Crippen LogP contribution >= 0.6 is 0 Å². The molecule has 3 rings (SSSR count).